The van der Waals surface area contributed by atoms with Crippen LogP contribution in [0.5, 0.6) is 0 Å². The SMILES string of the molecule is Cc1cc(NC(=O)CN2C(=O)NC(C)(c3ccc4ccccc4c3)C2=O)n(-c2ccc([N+](=O)[O-])cc2)n1. The number of aromatic nitrogens is 2. The van der Waals surface area contributed by atoms with Gasteiger partial charge in [0.1, 0.15) is 17.9 Å². The number of non-ortho nitro benzene ring substituents is 1. The number of hydrogen-bond acceptors (Lipinski definition) is 6. The number of nitrogens with one attached hydrogen (secondary N) is 2. The fourth-order valence-electron chi connectivity index (χ4n) is 4.36. The number of benzene rings is 3. The number of amides is 4. The number of fused-ring (bicyclic) bond motifs is 1. The van der Waals surface area contributed by atoms with Gasteiger partial charge >= 0.3 is 6.03 Å². The van der Waals surface area contributed by atoms with E-state index in [1.165, 1.54) is 28.9 Å². The van der Waals surface area contributed by atoms with E-state index in [1.807, 2.05) is 36.4 Å². The molecule has 4 amide bonds. The average Bonchev–Trinajstić information content (AvgIpc) is 3.35. The van der Waals surface area contributed by atoms with Gasteiger partial charge in [0.15, 0.2) is 0 Å². The number of urea groups is 1. The summed E-state index contributed by atoms with van der Waals surface area (Å²) in [6.45, 7) is 2.84. The number of carbonyl (C=O) groups excluding carboxylic acids is 3. The van der Waals surface area contributed by atoms with E-state index >= 15 is 0 Å². The van der Waals surface area contributed by atoms with Gasteiger partial charge in [-0.1, -0.05) is 36.4 Å². The summed E-state index contributed by atoms with van der Waals surface area (Å²) in [5.74, 6) is -0.849. The molecule has 1 aliphatic heterocycles. The molecule has 1 saturated heterocycles. The number of nitro groups is 1. The summed E-state index contributed by atoms with van der Waals surface area (Å²) >= 11 is 0. The van der Waals surface area contributed by atoms with Crippen molar-refractivity contribution in [3.63, 3.8) is 0 Å². The van der Waals surface area contributed by atoms with Gasteiger partial charge in [0.2, 0.25) is 5.91 Å². The Bertz CT molecular complexity index is 1580. The van der Waals surface area contributed by atoms with E-state index in [0.717, 1.165) is 15.7 Å². The minimum atomic E-state index is -1.32. The molecule has 4 aromatic rings. The molecule has 0 spiro atoms. The van der Waals surface area contributed by atoms with Crippen LogP contribution in [0, 0.1) is 17.0 Å². The van der Waals surface area contributed by atoms with Crippen LogP contribution in [0.4, 0.5) is 16.3 Å². The highest BCUT2D eigenvalue weighted by atomic mass is 16.6. The molecule has 0 bridgehead atoms. The molecule has 1 atom stereocenters. The standard InChI is InChI=1S/C26H22N6O5/c1-16-13-22(31(29-16)20-9-11-21(12-10-20)32(36)37)27-23(33)15-30-24(34)26(2,28-25(30)35)19-8-7-17-5-3-4-6-18(17)14-19/h3-14H,15H2,1-2H3,(H,27,33)(H,28,35). The second-order valence-corrected chi connectivity index (χ2v) is 8.91. The van der Waals surface area contributed by atoms with Gasteiger partial charge in [-0.15, -0.1) is 0 Å². The smallest absolute Gasteiger partial charge is 0.319 e. The maximum Gasteiger partial charge on any atom is 0.325 e. The molecular formula is C26H22N6O5. The first-order valence-corrected chi connectivity index (χ1v) is 11.4. The van der Waals surface area contributed by atoms with Crippen LogP contribution in [0.2, 0.25) is 0 Å². The zero-order valence-corrected chi connectivity index (χ0v) is 20.0. The summed E-state index contributed by atoms with van der Waals surface area (Å²) in [6.07, 6.45) is 0. The molecule has 1 fully saturated rings. The molecule has 0 radical (unpaired) electrons. The van der Waals surface area contributed by atoms with Crippen molar-refractivity contribution in [2.45, 2.75) is 19.4 Å². The maximum absolute atomic E-state index is 13.3. The lowest BCUT2D eigenvalue weighted by Gasteiger charge is -2.22. The van der Waals surface area contributed by atoms with E-state index in [9.17, 15) is 24.5 Å². The highest BCUT2D eigenvalue weighted by molar-refractivity contribution is 6.10. The van der Waals surface area contributed by atoms with E-state index in [2.05, 4.69) is 15.7 Å². The molecule has 186 valence electrons. The second-order valence-electron chi connectivity index (χ2n) is 8.91. The fraction of sp³-hybridized carbons (Fsp3) is 0.154. The zero-order chi connectivity index (χ0) is 26.3. The predicted molar refractivity (Wildman–Crippen MR) is 135 cm³/mol. The quantitative estimate of drug-likeness (QED) is 0.236. The van der Waals surface area contributed by atoms with Crippen LogP contribution in [0.1, 0.15) is 18.2 Å². The van der Waals surface area contributed by atoms with Crippen LogP contribution in [0.25, 0.3) is 16.5 Å². The summed E-state index contributed by atoms with van der Waals surface area (Å²) in [4.78, 5) is 50.3. The molecule has 2 N–H and O–H groups in total. The third-order valence-electron chi connectivity index (χ3n) is 6.31. The number of imide groups is 1. The van der Waals surface area contributed by atoms with Crippen molar-refractivity contribution in [1.29, 1.82) is 0 Å². The van der Waals surface area contributed by atoms with Crippen LogP contribution >= 0.6 is 0 Å². The number of hydrogen-bond donors (Lipinski definition) is 2. The Labute approximate surface area is 210 Å². The largest absolute Gasteiger partial charge is 0.325 e. The molecule has 11 heteroatoms. The van der Waals surface area contributed by atoms with Crippen LogP contribution in [-0.2, 0) is 15.1 Å². The van der Waals surface area contributed by atoms with Crippen molar-refractivity contribution >= 4 is 40.1 Å². The minimum absolute atomic E-state index is 0.0776. The topological polar surface area (TPSA) is 139 Å². The first-order chi connectivity index (χ1) is 17.7. The lowest BCUT2D eigenvalue weighted by Crippen LogP contribution is -2.42. The third-order valence-corrected chi connectivity index (χ3v) is 6.31. The Balaban J connectivity index is 1.34. The Morgan fingerprint density at radius 2 is 1.76 bits per heavy atom. The molecule has 1 unspecified atom stereocenters. The summed E-state index contributed by atoms with van der Waals surface area (Å²) < 4.78 is 1.42. The van der Waals surface area contributed by atoms with E-state index < -0.39 is 34.9 Å². The Hall–Kier alpha value is -5.06. The summed E-state index contributed by atoms with van der Waals surface area (Å²) in [6, 6.07) is 19.8. The van der Waals surface area contributed by atoms with Gasteiger partial charge in [0.05, 0.1) is 16.3 Å². The Morgan fingerprint density at radius 3 is 2.46 bits per heavy atom. The molecule has 37 heavy (non-hydrogen) atoms. The van der Waals surface area contributed by atoms with Gasteiger partial charge in [-0.05, 0) is 48.4 Å². The second kappa shape index (κ2) is 8.86. The van der Waals surface area contributed by atoms with Crippen LogP contribution < -0.4 is 10.6 Å². The van der Waals surface area contributed by atoms with E-state index in [1.54, 1.807) is 26.0 Å². The number of carbonyl (C=O) groups is 3. The molecule has 1 aliphatic rings. The molecular weight excluding hydrogens is 476 g/mol. The van der Waals surface area contributed by atoms with Crippen molar-refractivity contribution in [1.82, 2.24) is 20.0 Å². The number of nitrogens with zero attached hydrogens (tertiary/aromatic N) is 4. The number of nitro benzene ring substituents is 1. The van der Waals surface area contributed by atoms with Gasteiger partial charge in [0.25, 0.3) is 11.6 Å². The Kier molecular flexibility index (Phi) is 5.67. The van der Waals surface area contributed by atoms with Gasteiger partial charge in [-0.3, -0.25) is 24.6 Å². The van der Waals surface area contributed by atoms with Gasteiger partial charge in [-0.2, -0.15) is 5.10 Å². The summed E-state index contributed by atoms with van der Waals surface area (Å²) in [5, 5.41) is 22.6. The average molecular weight is 498 g/mol. The third kappa shape index (κ3) is 4.27. The highest BCUT2D eigenvalue weighted by Crippen LogP contribution is 2.31. The van der Waals surface area contributed by atoms with Crippen LogP contribution in [0.15, 0.2) is 72.8 Å². The molecule has 0 aliphatic carbocycles. The first kappa shape index (κ1) is 23.7. The molecule has 2 heterocycles. The number of anilines is 1. The number of rotatable bonds is 6. The van der Waals surface area contributed by atoms with E-state index in [4.69, 9.17) is 0 Å². The minimum Gasteiger partial charge on any atom is -0.319 e. The normalized spacial score (nSPS) is 17.2. The van der Waals surface area contributed by atoms with Gasteiger partial charge < -0.3 is 10.6 Å². The fourth-order valence-corrected chi connectivity index (χ4v) is 4.36. The number of aryl methyl sites for hydroxylation is 1. The summed E-state index contributed by atoms with van der Waals surface area (Å²) in [7, 11) is 0. The van der Waals surface area contributed by atoms with E-state index in [-0.39, 0.29) is 5.69 Å². The van der Waals surface area contributed by atoms with Crippen molar-refractivity contribution in [3.05, 3.63) is 94.2 Å². The monoisotopic (exact) mass is 498 g/mol. The van der Waals surface area contributed by atoms with Crippen molar-refractivity contribution < 1.29 is 19.3 Å². The van der Waals surface area contributed by atoms with Crippen LogP contribution in [-0.4, -0.2) is 44.0 Å². The van der Waals surface area contributed by atoms with Crippen molar-refractivity contribution in [2.75, 3.05) is 11.9 Å². The van der Waals surface area contributed by atoms with Crippen molar-refractivity contribution in [2.24, 2.45) is 0 Å². The Morgan fingerprint density at radius 1 is 1.05 bits per heavy atom. The zero-order valence-electron chi connectivity index (χ0n) is 20.0. The van der Waals surface area contributed by atoms with Crippen LogP contribution in [0.3, 0.4) is 0 Å². The van der Waals surface area contributed by atoms with E-state index in [0.29, 0.717) is 22.8 Å². The lowest BCUT2D eigenvalue weighted by atomic mass is 9.90. The summed E-state index contributed by atoms with van der Waals surface area (Å²) in [5.41, 5.74) is 0.296. The predicted octanol–water partition coefficient (Wildman–Crippen LogP) is 3.65. The first-order valence-electron chi connectivity index (χ1n) is 11.4. The van der Waals surface area contributed by atoms with Gasteiger partial charge in [0, 0.05) is 18.2 Å². The molecule has 5 rings (SSSR count). The molecule has 0 saturated carbocycles. The highest BCUT2D eigenvalue weighted by Gasteiger charge is 2.49. The van der Waals surface area contributed by atoms with Crippen molar-refractivity contribution in [3.8, 4) is 5.69 Å². The molecule has 11 nitrogen and oxygen atoms in total. The van der Waals surface area contributed by atoms with Gasteiger partial charge in [-0.25, -0.2) is 9.48 Å². The molecule has 1 aromatic heterocycles. The molecule has 3 aromatic carbocycles. The lowest BCUT2D eigenvalue weighted by molar-refractivity contribution is -0.384. The maximum atomic E-state index is 13.3.